The average Bonchev–Trinajstić information content (AvgIpc) is 2.48. The Hall–Kier alpha value is -2.07. The summed E-state index contributed by atoms with van der Waals surface area (Å²) in [6, 6.07) is 13.4. The van der Waals surface area contributed by atoms with Crippen LogP contribution >= 0.6 is 15.9 Å². The molecule has 0 aliphatic rings. The molecular formula is C19H20BrNO2. The number of hydrogen-bond donors (Lipinski definition) is 1. The Kier molecular flexibility index (Phi) is 5.99. The van der Waals surface area contributed by atoms with E-state index in [4.69, 9.17) is 4.74 Å². The monoisotopic (exact) mass is 373 g/mol. The first-order valence-corrected chi connectivity index (χ1v) is 8.25. The molecule has 1 N–H and O–H groups in total. The number of aryl methyl sites for hydroxylation is 1. The van der Waals surface area contributed by atoms with Crippen molar-refractivity contribution in [2.45, 2.75) is 26.9 Å². The molecule has 4 heteroatoms. The first-order valence-electron chi connectivity index (χ1n) is 7.46. The number of hydrogen-bond acceptors (Lipinski definition) is 2. The van der Waals surface area contributed by atoms with Gasteiger partial charge in [0.2, 0.25) is 5.91 Å². The van der Waals surface area contributed by atoms with Crippen LogP contribution in [-0.2, 0) is 4.79 Å². The number of carbonyl (C=O) groups excluding carboxylic acids is 1. The molecule has 0 saturated carbocycles. The molecule has 0 aliphatic heterocycles. The highest BCUT2D eigenvalue weighted by molar-refractivity contribution is 9.10. The fourth-order valence-corrected chi connectivity index (χ4v) is 2.62. The van der Waals surface area contributed by atoms with Crippen LogP contribution in [0.5, 0.6) is 5.75 Å². The summed E-state index contributed by atoms with van der Waals surface area (Å²) >= 11 is 3.45. The van der Waals surface area contributed by atoms with Crippen molar-refractivity contribution >= 4 is 33.6 Å². The van der Waals surface area contributed by atoms with E-state index in [-0.39, 0.29) is 12.0 Å². The van der Waals surface area contributed by atoms with E-state index in [1.54, 1.807) is 6.08 Å². The fraction of sp³-hybridized carbons (Fsp3) is 0.211. The van der Waals surface area contributed by atoms with Gasteiger partial charge in [0, 0.05) is 10.5 Å². The zero-order valence-electron chi connectivity index (χ0n) is 13.5. The minimum atomic E-state index is -0.176. The van der Waals surface area contributed by atoms with Crippen LogP contribution in [0, 0.1) is 6.92 Å². The van der Waals surface area contributed by atoms with E-state index >= 15 is 0 Å². The number of amides is 1. The van der Waals surface area contributed by atoms with E-state index in [1.807, 2.05) is 63.2 Å². The van der Waals surface area contributed by atoms with Gasteiger partial charge in [-0.05, 0) is 78.2 Å². The van der Waals surface area contributed by atoms with Gasteiger partial charge in [-0.3, -0.25) is 4.79 Å². The summed E-state index contributed by atoms with van der Waals surface area (Å²) in [5, 5.41) is 2.85. The molecule has 3 nitrogen and oxygen atoms in total. The molecule has 23 heavy (non-hydrogen) atoms. The average molecular weight is 374 g/mol. The van der Waals surface area contributed by atoms with Crippen molar-refractivity contribution in [1.82, 2.24) is 0 Å². The number of anilines is 1. The lowest BCUT2D eigenvalue weighted by molar-refractivity contribution is -0.111. The summed E-state index contributed by atoms with van der Waals surface area (Å²) < 4.78 is 6.51. The molecule has 0 bridgehead atoms. The summed E-state index contributed by atoms with van der Waals surface area (Å²) in [4.78, 5) is 12.0. The Bertz CT molecular complexity index is 723. The smallest absolute Gasteiger partial charge is 0.248 e. The standard InChI is InChI=1S/C19H20BrNO2/c1-13(2)23-16-6-4-5-15(12-16)8-10-19(22)21-18-9-7-14(3)11-17(18)20/h4-13H,1-3H3,(H,21,22)/b10-8+. The van der Waals surface area contributed by atoms with Crippen LogP contribution in [0.4, 0.5) is 5.69 Å². The molecule has 0 aliphatic carbocycles. The topological polar surface area (TPSA) is 38.3 Å². The van der Waals surface area contributed by atoms with Gasteiger partial charge in [-0.15, -0.1) is 0 Å². The summed E-state index contributed by atoms with van der Waals surface area (Å²) in [7, 11) is 0. The predicted octanol–water partition coefficient (Wildman–Crippen LogP) is 5.20. The molecule has 2 rings (SSSR count). The first kappa shape index (κ1) is 17.3. The second-order valence-electron chi connectivity index (χ2n) is 5.54. The van der Waals surface area contributed by atoms with E-state index in [0.29, 0.717) is 0 Å². The summed E-state index contributed by atoms with van der Waals surface area (Å²) in [6.07, 6.45) is 3.40. The lowest BCUT2D eigenvalue weighted by atomic mass is 10.2. The van der Waals surface area contributed by atoms with Crippen molar-refractivity contribution in [1.29, 1.82) is 0 Å². The molecule has 120 valence electrons. The van der Waals surface area contributed by atoms with E-state index < -0.39 is 0 Å². The van der Waals surface area contributed by atoms with Crippen LogP contribution in [0.2, 0.25) is 0 Å². The molecule has 0 radical (unpaired) electrons. The molecular weight excluding hydrogens is 354 g/mol. The fourth-order valence-electron chi connectivity index (χ4n) is 2.03. The molecule has 0 aromatic heterocycles. The van der Waals surface area contributed by atoms with Crippen molar-refractivity contribution in [3.8, 4) is 5.75 Å². The van der Waals surface area contributed by atoms with Crippen LogP contribution in [0.25, 0.3) is 6.08 Å². The third kappa shape index (κ3) is 5.57. The summed E-state index contributed by atoms with van der Waals surface area (Å²) in [5.41, 5.74) is 2.80. The molecule has 0 saturated heterocycles. The zero-order chi connectivity index (χ0) is 16.8. The molecule has 0 atom stereocenters. The minimum absolute atomic E-state index is 0.122. The molecule has 2 aromatic rings. The second-order valence-corrected chi connectivity index (χ2v) is 6.40. The number of halogens is 1. The normalized spacial score (nSPS) is 11.0. The van der Waals surface area contributed by atoms with Gasteiger partial charge in [0.05, 0.1) is 11.8 Å². The lowest BCUT2D eigenvalue weighted by Gasteiger charge is -2.09. The molecule has 2 aromatic carbocycles. The highest BCUT2D eigenvalue weighted by atomic mass is 79.9. The number of benzene rings is 2. The third-order valence-corrected chi connectivity index (χ3v) is 3.70. The van der Waals surface area contributed by atoms with Crippen LogP contribution < -0.4 is 10.1 Å². The minimum Gasteiger partial charge on any atom is -0.491 e. The maximum Gasteiger partial charge on any atom is 0.248 e. The second kappa shape index (κ2) is 7.97. The quantitative estimate of drug-likeness (QED) is 0.731. The van der Waals surface area contributed by atoms with Gasteiger partial charge in [0.1, 0.15) is 5.75 Å². The number of carbonyl (C=O) groups is 1. The van der Waals surface area contributed by atoms with E-state index in [9.17, 15) is 4.79 Å². The van der Waals surface area contributed by atoms with Crippen molar-refractivity contribution in [3.63, 3.8) is 0 Å². The van der Waals surface area contributed by atoms with Crippen molar-refractivity contribution in [2.24, 2.45) is 0 Å². The Morgan fingerprint density at radius 3 is 2.70 bits per heavy atom. The van der Waals surface area contributed by atoms with Gasteiger partial charge >= 0.3 is 0 Å². The predicted molar refractivity (Wildman–Crippen MR) is 98.7 cm³/mol. The van der Waals surface area contributed by atoms with Gasteiger partial charge in [-0.2, -0.15) is 0 Å². The Balaban J connectivity index is 2.03. The zero-order valence-corrected chi connectivity index (χ0v) is 15.1. The van der Waals surface area contributed by atoms with E-state index in [2.05, 4.69) is 21.2 Å². The van der Waals surface area contributed by atoms with Crippen LogP contribution in [0.1, 0.15) is 25.0 Å². The maximum absolute atomic E-state index is 12.0. The number of rotatable bonds is 5. The molecule has 0 heterocycles. The van der Waals surface area contributed by atoms with Gasteiger partial charge in [0.25, 0.3) is 0 Å². The van der Waals surface area contributed by atoms with Gasteiger partial charge < -0.3 is 10.1 Å². The third-order valence-electron chi connectivity index (χ3n) is 3.04. The van der Waals surface area contributed by atoms with Crippen molar-refractivity contribution < 1.29 is 9.53 Å². The summed E-state index contributed by atoms with van der Waals surface area (Å²) in [5.74, 6) is 0.619. The molecule has 0 fully saturated rings. The van der Waals surface area contributed by atoms with Crippen molar-refractivity contribution in [2.75, 3.05) is 5.32 Å². The molecule has 1 amide bonds. The van der Waals surface area contributed by atoms with Gasteiger partial charge in [-0.25, -0.2) is 0 Å². The Labute approximate surface area is 145 Å². The highest BCUT2D eigenvalue weighted by Crippen LogP contribution is 2.23. The van der Waals surface area contributed by atoms with Crippen LogP contribution in [0.3, 0.4) is 0 Å². The highest BCUT2D eigenvalue weighted by Gasteiger charge is 2.03. The van der Waals surface area contributed by atoms with Crippen LogP contribution in [-0.4, -0.2) is 12.0 Å². The van der Waals surface area contributed by atoms with Gasteiger partial charge in [-0.1, -0.05) is 18.2 Å². The SMILES string of the molecule is Cc1ccc(NC(=O)/C=C/c2cccc(OC(C)C)c2)c(Br)c1. The van der Waals surface area contributed by atoms with Crippen molar-refractivity contribution in [3.05, 3.63) is 64.1 Å². The largest absolute Gasteiger partial charge is 0.491 e. The molecule has 0 spiro atoms. The van der Waals surface area contributed by atoms with Crippen LogP contribution in [0.15, 0.2) is 53.0 Å². The number of ether oxygens (including phenoxy) is 1. The summed E-state index contributed by atoms with van der Waals surface area (Å²) in [6.45, 7) is 5.97. The van der Waals surface area contributed by atoms with E-state index in [1.165, 1.54) is 6.08 Å². The lowest BCUT2D eigenvalue weighted by Crippen LogP contribution is -2.08. The van der Waals surface area contributed by atoms with Gasteiger partial charge in [0.15, 0.2) is 0 Å². The maximum atomic E-state index is 12.0. The first-order chi connectivity index (χ1) is 10.9. The van der Waals surface area contributed by atoms with E-state index in [0.717, 1.165) is 27.0 Å². The Morgan fingerprint density at radius 1 is 1.22 bits per heavy atom. The molecule has 0 unspecified atom stereocenters. The Morgan fingerprint density at radius 2 is 2.00 bits per heavy atom. The number of nitrogens with one attached hydrogen (secondary N) is 1.